The Morgan fingerprint density at radius 2 is 2.27 bits per heavy atom. The Labute approximate surface area is 85.4 Å². The van der Waals surface area contributed by atoms with E-state index in [1.165, 1.54) is 5.51 Å². The Morgan fingerprint density at radius 3 is 2.64 bits per heavy atom. The SMILES string of the molecule is O=c1scnn1SC(Cl)(Cl)Cl. The van der Waals surface area contributed by atoms with Gasteiger partial charge in [-0.15, -0.1) is 0 Å². The zero-order valence-electron chi connectivity index (χ0n) is 4.83. The molecule has 0 N–H and O–H groups in total. The zero-order chi connectivity index (χ0) is 8.48. The van der Waals surface area contributed by atoms with Crippen molar-refractivity contribution in [1.82, 2.24) is 9.19 Å². The molecule has 0 saturated heterocycles. The molecule has 0 bridgehead atoms. The molecular weight excluding hydrogens is 251 g/mol. The molecule has 3 nitrogen and oxygen atoms in total. The molecule has 0 atom stereocenters. The fourth-order valence-corrected chi connectivity index (χ4v) is 1.99. The van der Waals surface area contributed by atoms with Crippen molar-refractivity contribution in [2.24, 2.45) is 0 Å². The first-order chi connectivity index (χ1) is 4.99. The minimum atomic E-state index is -1.54. The summed E-state index contributed by atoms with van der Waals surface area (Å²) in [4.78, 5) is 10.6. The second-order valence-corrected chi connectivity index (χ2v) is 6.30. The maximum Gasteiger partial charge on any atom is 0.335 e. The van der Waals surface area contributed by atoms with Crippen LogP contribution in [0.1, 0.15) is 0 Å². The van der Waals surface area contributed by atoms with Gasteiger partial charge in [0.15, 0.2) is 0 Å². The van der Waals surface area contributed by atoms with E-state index in [2.05, 4.69) is 5.10 Å². The number of hydrogen-bond donors (Lipinski definition) is 0. The van der Waals surface area contributed by atoms with Crippen molar-refractivity contribution < 1.29 is 0 Å². The van der Waals surface area contributed by atoms with Crippen LogP contribution < -0.4 is 4.87 Å². The molecule has 0 aliphatic heterocycles. The minimum absolute atomic E-state index is 0.263. The van der Waals surface area contributed by atoms with Gasteiger partial charge in [0.25, 0.3) is 3.12 Å². The number of aromatic nitrogens is 2. The van der Waals surface area contributed by atoms with E-state index >= 15 is 0 Å². The van der Waals surface area contributed by atoms with E-state index < -0.39 is 3.12 Å². The van der Waals surface area contributed by atoms with Crippen LogP contribution >= 0.6 is 58.1 Å². The highest BCUT2D eigenvalue weighted by Gasteiger charge is 2.23. The van der Waals surface area contributed by atoms with E-state index in [0.29, 0.717) is 0 Å². The largest absolute Gasteiger partial charge is 0.335 e. The third-order valence-electron chi connectivity index (χ3n) is 0.652. The summed E-state index contributed by atoms with van der Waals surface area (Å²) in [5.74, 6) is 0. The third-order valence-corrected chi connectivity index (χ3v) is 2.60. The second kappa shape index (κ2) is 3.53. The highest BCUT2D eigenvalue weighted by atomic mass is 35.6. The molecule has 0 amide bonds. The quantitative estimate of drug-likeness (QED) is 0.717. The van der Waals surface area contributed by atoms with Crippen molar-refractivity contribution in [2.45, 2.75) is 3.12 Å². The van der Waals surface area contributed by atoms with Gasteiger partial charge in [-0.25, -0.2) is 0 Å². The van der Waals surface area contributed by atoms with Crippen LogP contribution in [0.15, 0.2) is 10.3 Å². The van der Waals surface area contributed by atoms with Crippen molar-refractivity contribution in [3.05, 3.63) is 15.2 Å². The molecule has 0 fully saturated rings. The van der Waals surface area contributed by atoms with Gasteiger partial charge >= 0.3 is 4.87 Å². The molecule has 1 aromatic heterocycles. The maximum atomic E-state index is 10.8. The highest BCUT2D eigenvalue weighted by Crippen LogP contribution is 2.38. The fraction of sp³-hybridized carbons (Fsp3) is 0.333. The van der Waals surface area contributed by atoms with Crippen molar-refractivity contribution in [3.63, 3.8) is 0 Å². The topological polar surface area (TPSA) is 34.9 Å². The van der Waals surface area contributed by atoms with E-state index in [9.17, 15) is 4.79 Å². The molecule has 1 heterocycles. The van der Waals surface area contributed by atoms with Gasteiger partial charge in [0.1, 0.15) is 5.51 Å². The first-order valence-electron chi connectivity index (χ1n) is 2.28. The van der Waals surface area contributed by atoms with Gasteiger partial charge in [0, 0.05) is 11.9 Å². The van der Waals surface area contributed by atoms with Crippen LogP contribution in [0, 0.1) is 0 Å². The lowest BCUT2D eigenvalue weighted by molar-refractivity contribution is 0.976. The number of nitrogens with zero attached hydrogens (tertiary/aromatic N) is 2. The standard InChI is InChI=1S/C3HCl3N2OS2/c4-3(5,6)11-8-2(9)10-1-7-8/h1H. The normalized spacial score (nSPS) is 11.9. The van der Waals surface area contributed by atoms with Gasteiger partial charge < -0.3 is 0 Å². The summed E-state index contributed by atoms with van der Waals surface area (Å²) >= 11 is 17.9. The summed E-state index contributed by atoms with van der Waals surface area (Å²) in [6.07, 6.45) is 0. The van der Waals surface area contributed by atoms with Gasteiger partial charge in [-0.2, -0.15) is 9.19 Å². The molecule has 0 saturated carbocycles. The van der Waals surface area contributed by atoms with Gasteiger partial charge in [0.2, 0.25) is 0 Å². The van der Waals surface area contributed by atoms with E-state index in [1.807, 2.05) is 0 Å². The van der Waals surface area contributed by atoms with Gasteiger partial charge in [-0.3, -0.25) is 4.79 Å². The molecule has 0 spiro atoms. The van der Waals surface area contributed by atoms with Gasteiger partial charge in [0.05, 0.1) is 0 Å². The lowest BCUT2D eigenvalue weighted by atomic mass is 11.5. The predicted molar refractivity (Wildman–Crippen MR) is 49.7 cm³/mol. The van der Waals surface area contributed by atoms with Crippen LogP contribution in [0.25, 0.3) is 0 Å². The smallest absolute Gasteiger partial charge is 0.254 e. The Kier molecular flexibility index (Phi) is 3.10. The molecule has 0 aliphatic carbocycles. The fourth-order valence-electron chi connectivity index (χ4n) is 0.363. The first kappa shape index (κ1) is 9.67. The molecule has 11 heavy (non-hydrogen) atoms. The van der Waals surface area contributed by atoms with Crippen LogP contribution in [-0.4, -0.2) is 12.3 Å². The van der Waals surface area contributed by atoms with Crippen LogP contribution in [0.2, 0.25) is 0 Å². The van der Waals surface area contributed by atoms with E-state index in [0.717, 1.165) is 27.4 Å². The average molecular weight is 252 g/mol. The summed E-state index contributed by atoms with van der Waals surface area (Å²) in [5, 5.41) is 3.63. The summed E-state index contributed by atoms with van der Waals surface area (Å²) < 4.78 is -0.518. The maximum absolute atomic E-state index is 10.8. The average Bonchev–Trinajstić information content (AvgIpc) is 2.12. The molecule has 0 radical (unpaired) electrons. The van der Waals surface area contributed by atoms with Crippen molar-refractivity contribution in [3.8, 4) is 0 Å². The van der Waals surface area contributed by atoms with E-state index in [1.54, 1.807) is 0 Å². The lowest BCUT2D eigenvalue weighted by Gasteiger charge is -2.06. The third kappa shape index (κ3) is 3.21. The first-order valence-corrected chi connectivity index (χ1v) is 5.07. The monoisotopic (exact) mass is 250 g/mol. The van der Waals surface area contributed by atoms with E-state index in [-0.39, 0.29) is 4.87 Å². The van der Waals surface area contributed by atoms with Gasteiger partial charge in [-0.1, -0.05) is 46.1 Å². The Hall–Kier alpha value is 0.580. The number of halogens is 3. The van der Waals surface area contributed by atoms with Crippen LogP contribution in [0.5, 0.6) is 0 Å². The number of alkyl halides is 3. The molecule has 0 aliphatic rings. The second-order valence-electron chi connectivity index (χ2n) is 1.41. The summed E-state index contributed by atoms with van der Waals surface area (Å²) in [6.45, 7) is 0. The van der Waals surface area contributed by atoms with E-state index in [4.69, 9.17) is 34.8 Å². The zero-order valence-corrected chi connectivity index (χ0v) is 8.73. The number of rotatable bonds is 1. The molecular formula is C3HCl3N2OS2. The van der Waals surface area contributed by atoms with Crippen LogP contribution in [-0.2, 0) is 0 Å². The molecule has 0 aromatic carbocycles. The Bertz CT molecular complexity index is 289. The summed E-state index contributed by atoms with van der Waals surface area (Å²) in [7, 11) is 0. The highest BCUT2D eigenvalue weighted by molar-refractivity contribution is 8.03. The molecule has 62 valence electrons. The van der Waals surface area contributed by atoms with Crippen molar-refractivity contribution >= 4 is 58.1 Å². The summed E-state index contributed by atoms with van der Waals surface area (Å²) in [6, 6.07) is 0. The minimum Gasteiger partial charge on any atom is -0.254 e. The van der Waals surface area contributed by atoms with Crippen molar-refractivity contribution in [1.29, 1.82) is 0 Å². The molecule has 1 aromatic rings. The van der Waals surface area contributed by atoms with Crippen LogP contribution in [0.4, 0.5) is 0 Å². The Balaban J connectivity index is 2.80. The Morgan fingerprint density at radius 1 is 1.64 bits per heavy atom. The number of hydrogen-bond acceptors (Lipinski definition) is 4. The molecule has 0 unspecified atom stereocenters. The molecule has 8 heteroatoms. The lowest BCUT2D eigenvalue weighted by Crippen LogP contribution is -2.12. The van der Waals surface area contributed by atoms with Crippen molar-refractivity contribution in [2.75, 3.05) is 0 Å². The van der Waals surface area contributed by atoms with Gasteiger partial charge in [-0.05, 0) is 0 Å². The predicted octanol–water partition coefficient (Wildman–Crippen LogP) is 2.13. The molecule has 1 rings (SSSR count). The van der Waals surface area contributed by atoms with Crippen LogP contribution in [0.3, 0.4) is 0 Å². The summed E-state index contributed by atoms with van der Waals surface area (Å²) in [5.41, 5.74) is 1.38.